The van der Waals surface area contributed by atoms with E-state index in [0.29, 0.717) is 35.9 Å². The second kappa shape index (κ2) is 13.3. The average molecular weight is 461 g/mol. The zero-order valence-electron chi connectivity index (χ0n) is 19.1. The van der Waals surface area contributed by atoms with Crippen molar-refractivity contribution in [2.24, 2.45) is 0 Å². The molecule has 3 rings (SSSR count). The number of anilines is 3. The number of rotatable bonds is 9. The summed E-state index contributed by atoms with van der Waals surface area (Å²) in [6.45, 7) is 6.17. The van der Waals surface area contributed by atoms with Crippen LogP contribution < -0.4 is 26.2 Å². The van der Waals surface area contributed by atoms with Crippen LogP contribution in [-0.2, 0) is 13.0 Å². The number of carbonyl (C=O) groups is 2. The Morgan fingerprint density at radius 1 is 1.35 bits per heavy atom. The van der Waals surface area contributed by atoms with E-state index in [9.17, 15) is 14.9 Å². The number of amides is 2. The molecule has 3 heterocycles. The van der Waals surface area contributed by atoms with E-state index in [2.05, 4.69) is 50.7 Å². The number of urea groups is 1. The van der Waals surface area contributed by atoms with E-state index in [4.69, 9.17) is 0 Å². The second-order valence-corrected chi connectivity index (χ2v) is 7.17. The van der Waals surface area contributed by atoms with E-state index < -0.39 is 6.03 Å². The molecule has 0 aromatic carbocycles. The molecule has 0 fully saturated rings. The van der Waals surface area contributed by atoms with Crippen LogP contribution in [0.1, 0.15) is 33.6 Å². The van der Waals surface area contributed by atoms with Gasteiger partial charge < -0.3 is 16.0 Å². The SMILES string of the molecule is C#C.C=CNc1cc(NC(=O)N2CCCc3cc(CNCCNC)c(C=O)nc32)ncc1C#N. The molecule has 0 radical (unpaired) electrons. The number of nitrogens with zero attached hydrogens (tertiary/aromatic N) is 4. The van der Waals surface area contributed by atoms with Gasteiger partial charge in [0.2, 0.25) is 0 Å². The Hall–Kier alpha value is -4.25. The van der Waals surface area contributed by atoms with E-state index >= 15 is 0 Å². The molecule has 0 saturated heterocycles. The molecule has 2 aromatic heterocycles. The number of fused-ring (bicyclic) bond motifs is 1. The van der Waals surface area contributed by atoms with Crippen LogP contribution in [0.2, 0.25) is 0 Å². The Bertz CT molecular complexity index is 1090. The first-order valence-electron chi connectivity index (χ1n) is 10.6. The highest BCUT2D eigenvalue weighted by molar-refractivity contribution is 6.01. The van der Waals surface area contributed by atoms with Crippen LogP contribution in [0.5, 0.6) is 0 Å². The highest BCUT2D eigenvalue weighted by Crippen LogP contribution is 2.28. The van der Waals surface area contributed by atoms with Gasteiger partial charge in [-0.2, -0.15) is 5.26 Å². The van der Waals surface area contributed by atoms with Gasteiger partial charge in [-0.15, -0.1) is 12.8 Å². The molecule has 0 bridgehead atoms. The zero-order chi connectivity index (χ0) is 24.9. The number of pyridine rings is 2. The lowest BCUT2D eigenvalue weighted by Gasteiger charge is -2.29. The summed E-state index contributed by atoms with van der Waals surface area (Å²) in [4.78, 5) is 34.8. The standard InChI is InChI=1S/C22H26N8O2.C2H2/c1-3-26-18-10-20(27-13-17(18)11-23)29-22(32)30-8-4-5-15-9-16(12-25-7-6-24-2)19(14-31)28-21(15)30;1-2/h3,9-10,13-14,24-25H,1,4-8,12H2,2H3,(H2,26,27,29,32);1-2H. The highest BCUT2D eigenvalue weighted by atomic mass is 16.2. The van der Waals surface area contributed by atoms with Crippen molar-refractivity contribution in [1.82, 2.24) is 20.6 Å². The van der Waals surface area contributed by atoms with Gasteiger partial charge in [-0.3, -0.25) is 15.0 Å². The van der Waals surface area contributed by atoms with Crippen molar-refractivity contribution in [3.63, 3.8) is 0 Å². The van der Waals surface area contributed by atoms with Gasteiger partial charge in [-0.25, -0.2) is 14.8 Å². The number of nitrogens with one attached hydrogen (secondary N) is 4. The first kappa shape index (κ1) is 26.0. The summed E-state index contributed by atoms with van der Waals surface area (Å²) in [5.74, 6) is 0.763. The zero-order valence-corrected chi connectivity index (χ0v) is 19.1. The average Bonchev–Trinajstić information content (AvgIpc) is 2.87. The van der Waals surface area contributed by atoms with Crippen molar-refractivity contribution < 1.29 is 9.59 Å². The van der Waals surface area contributed by atoms with Gasteiger partial charge in [-0.1, -0.05) is 6.58 Å². The molecular formula is C24H28N8O2. The van der Waals surface area contributed by atoms with Crippen LogP contribution in [0.4, 0.5) is 22.1 Å². The van der Waals surface area contributed by atoms with Gasteiger partial charge in [-0.05, 0) is 43.3 Å². The monoisotopic (exact) mass is 460 g/mol. The molecule has 1 aliphatic rings. The Morgan fingerprint density at radius 3 is 2.82 bits per heavy atom. The van der Waals surface area contributed by atoms with Crippen molar-refractivity contribution in [3.8, 4) is 18.9 Å². The number of nitriles is 1. The lowest BCUT2D eigenvalue weighted by Crippen LogP contribution is -2.40. The van der Waals surface area contributed by atoms with Crippen LogP contribution in [0.15, 0.2) is 31.1 Å². The fraction of sp³-hybridized carbons (Fsp3) is 0.292. The van der Waals surface area contributed by atoms with Gasteiger partial charge in [0.05, 0.1) is 11.3 Å². The summed E-state index contributed by atoms with van der Waals surface area (Å²) in [6.07, 6.45) is 13.1. The van der Waals surface area contributed by atoms with Crippen molar-refractivity contribution in [1.29, 1.82) is 5.26 Å². The summed E-state index contributed by atoms with van der Waals surface area (Å²) in [5.41, 5.74) is 2.87. The fourth-order valence-corrected chi connectivity index (χ4v) is 3.45. The van der Waals surface area contributed by atoms with Crippen LogP contribution in [0.3, 0.4) is 0 Å². The second-order valence-electron chi connectivity index (χ2n) is 7.17. The van der Waals surface area contributed by atoms with E-state index in [1.54, 1.807) is 6.07 Å². The number of aryl methyl sites for hydroxylation is 1. The maximum Gasteiger partial charge on any atom is 0.328 e. The molecule has 0 saturated carbocycles. The molecule has 0 atom stereocenters. The van der Waals surface area contributed by atoms with Gasteiger partial charge in [0.25, 0.3) is 0 Å². The molecule has 2 amide bonds. The Morgan fingerprint density at radius 2 is 2.15 bits per heavy atom. The Kier molecular flexibility index (Phi) is 10.2. The normalized spacial score (nSPS) is 11.8. The molecule has 1 aliphatic heterocycles. The number of likely N-dealkylation sites (N-methyl/N-ethyl adjacent to an activating group) is 1. The number of carbonyl (C=O) groups excluding carboxylic acids is 2. The third-order valence-electron chi connectivity index (χ3n) is 5.02. The van der Waals surface area contributed by atoms with Crippen molar-refractivity contribution in [2.75, 3.05) is 42.2 Å². The smallest absolute Gasteiger partial charge is 0.328 e. The Labute approximate surface area is 199 Å². The van der Waals surface area contributed by atoms with Crippen LogP contribution >= 0.6 is 0 Å². The van der Waals surface area contributed by atoms with Gasteiger partial charge in [0.15, 0.2) is 6.29 Å². The molecule has 176 valence electrons. The minimum Gasteiger partial charge on any atom is -0.361 e. The Balaban J connectivity index is 0.00000199. The highest BCUT2D eigenvalue weighted by Gasteiger charge is 2.26. The minimum absolute atomic E-state index is 0.284. The number of aldehydes is 1. The van der Waals surface area contributed by atoms with Crippen molar-refractivity contribution in [3.05, 3.63) is 53.5 Å². The molecule has 10 heteroatoms. The number of aromatic nitrogens is 2. The topological polar surface area (TPSA) is 135 Å². The number of hydrogen-bond acceptors (Lipinski definition) is 8. The van der Waals surface area contributed by atoms with Crippen molar-refractivity contribution in [2.45, 2.75) is 19.4 Å². The minimum atomic E-state index is -0.406. The largest absolute Gasteiger partial charge is 0.361 e. The molecule has 0 spiro atoms. The van der Waals surface area contributed by atoms with Crippen LogP contribution in [0.25, 0.3) is 0 Å². The quantitative estimate of drug-likeness (QED) is 0.254. The fourth-order valence-electron chi connectivity index (χ4n) is 3.45. The van der Waals surface area contributed by atoms with Crippen LogP contribution in [-0.4, -0.2) is 49.0 Å². The predicted octanol–water partition coefficient (Wildman–Crippen LogP) is 2.26. The molecular weight excluding hydrogens is 432 g/mol. The summed E-state index contributed by atoms with van der Waals surface area (Å²) in [7, 11) is 1.88. The number of hydrogen-bond donors (Lipinski definition) is 4. The summed E-state index contributed by atoms with van der Waals surface area (Å²) in [5, 5.41) is 21.1. The van der Waals surface area contributed by atoms with Crippen molar-refractivity contribution >= 4 is 29.6 Å². The first-order chi connectivity index (χ1) is 16.6. The third-order valence-corrected chi connectivity index (χ3v) is 5.02. The van der Waals surface area contributed by atoms with Gasteiger partial charge in [0.1, 0.15) is 23.4 Å². The van der Waals surface area contributed by atoms with Crippen LogP contribution in [0, 0.1) is 24.2 Å². The van der Waals surface area contributed by atoms with E-state index in [0.717, 1.165) is 43.3 Å². The molecule has 4 N–H and O–H groups in total. The molecule has 10 nitrogen and oxygen atoms in total. The maximum atomic E-state index is 13.0. The molecule has 0 aliphatic carbocycles. The lowest BCUT2D eigenvalue weighted by molar-refractivity contribution is 0.111. The van der Waals surface area contributed by atoms with E-state index in [1.165, 1.54) is 17.3 Å². The third kappa shape index (κ3) is 6.39. The summed E-state index contributed by atoms with van der Waals surface area (Å²) >= 11 is 0. The van der Waals surface area contributed by atoms with Gasteiger partial charge >= 0.3 is 6.03 Å². The predicted molar refractivity (Wildman–Crippen MR) is 133 cm³/mol. The summed E-state index contributed by atoms with van der Waals surface area (Å²) in [6, 6.07) is 5.13. The molecule has 2 aromatic rings. The van der Waals surface area contributed by atoms with E-state index in [-0.39, 0.29) is 5.82 Å². The maximum absolute atomic E-state index is 13.0. The van der Waals surface area contributed by atoms with E-state index in [1.807, 2.05) is 19.2 Å². The van der Waals surface area contributed by atoms with Gasteiger partial charge in [0, 0.05) is 38.4 Å². The summed E-state index contributed by atoms with van der Waals surface area (Å²) < 4.78 is 0. The first-order valence-corrected chi connectivity index (χ1v) is 10.6. The lowest BCUT2D eigenvalue weighted by atomic mass is 10.0. The number of terminal acetylenes is 1. The molecule has 0 unspecified atom stereocenters. The molecule has 34 heavy (non-hydrogen) atoms.